The van der Waals surface area contributed by atoms with Crippen LogP contribution in [0.1, 0.15) is 16.8 Å². The fourth-order valence-electron chi connectivity index (χ4n) is 1.85. The number of nitrogens with zero attached hydrogens (tertiary/aromatic N) is 2. The van der Waals surface area contributed by atoms with Gasteiger partial charge in [0.25, 0.3) is 5.91 Å². The van der Waals surface area contributed by atoms with Crippen LogP contribution in [-0.4, -0.2) is 28.0 Å². The van der Waals surface area contributed by atoms with Crippen LogP contribution in [0.15, 0.2) is 41.0 Å². The Labute approximate surface area is 134 Å². The molecular weight excluding hydrogens is 358 g/mol. The Morgan fingerprint density at radius 2 is 2.14 bits per heavy atom. The van der Waals surface area contributed by atoms with Gasteiger partial charge in [0.15, 0.2) is 0 Å². The molecule has 1 aliphatic rings. The second-order valence-electron chi connectivity index (χ2n) is 4.63. The highest BCUT2D eigenvalue weighted by Gasteiger charge is 2.41. The topological polar surface area (TPSA) is 64.1 Å². The number of hydrogen-bond donors (Lipinski definition) is 1. The molecule has 1 N–H and O–H groups in total. The van der Waals surface area contributed by atoms with Crippen LogP contribution in [0.2, 0.25) is 5.28 Å². The average molecular weight is 369 g/mol. The lowest BCUT2D eigenvalue weighted by Crippen LogP contribution is -2.28. The first-order valence-corrected chi connectivity index (χ1v) is 7.51. The van der Waals surface area contributed by atoms with Gasteiger partial charge in [0, 0.05) is 18.2 Å². The first-order valence-electron chi connectivity index (χ1n) is 6.34. The first-order chi connectivity index (χ1) is 10.1. The first kappa shape index (κ1) is 14.3. The number of carbonyl (C=O) groups excluding carboxylic acids is 1. The molecule has 0 radical (unpaired) electrons. The van der Waals surface area contributed by atoms with Gasteiger partial charge in [-0.15, -0.1) is 0 Å². The van der Waals surface area contributed by atoms with Crippen molar-refractivity contribution in [1.82, 2.24) is 15.3 Å². The molecule has 1 heterocycles. The van der Waals surface area contributed by atoms with Gasteiger partial charge in [-0.2, -0.15) is 4.98 Å². The van der Waals surface area contributed by atoms with Crippen LogP contribution < -0.4 is 10.1 Å². The second kappa shape index (κ2) is 5.99. The maximum absolute atomic E-state index is 12.0. The van der Waals surface area contributed by atoms with Gasteiger partial charge < -0.3 is 10.1 Å². The summed E-state index contributed by atoms with van der Waals surface area (Å²) >= 11 is 9.03. The molecule has 0 saturated heterocycles. The van der Waals surface area contributed by atoms with E-state index >= 15 is 0 Å². The third kappa shape index (κ3) is 3.51. The zero-order valence-electron chi connectivity index (χ0n) is 10.8. The number of aromatic nitrogens is 2. The molecule has 2 aromatic rings. The molecule has 21 heavy (non-hydrogen) atoms. The molecule has 1 saturated carbocycles. The van der Waals surface area contributed by atoms with E-state index in [0.29, 0.717) is 15.9 Å². The van der Waals surface area contributed by atoms with E-state index < -0.39 is 0 Å². The van der Waals surface area contributed by atoms with Crippen LogP contribution in [-0.2, 0) is 0 Å². The molecule has 7 heteroatoms. The third-order valence-corrected chi connectivity index (χ3v) is 3.76. The summed E-state index contributed by atoms with van der Waals surface area (Å²) in [6, 6.07) is 9.06. The van der Waals surface area contributed by atoms with Crippen molar-refractivity contribution in [2.45, 2.75) is 18.6 Å². The fraction of sp³-hybridized carbons (Fsp3) is 0.214. The van der Waals surface area contributed by atoms with Gasteiger partial charge in [0.1, 0.15) is 6.10 Å². The molecule has 2 unspecified atom stereocenters. The summed E-state index contributed by atoms with van der Waals surface area (Å²) < 4.78 is 6.32. The Hall–Kier alpha value is -1.66. The number of rotatable bonds is 4. The highest BCUT2D eigenvalue weighted by atomic mass is 79.9. The fourth-order valence-corrected chi connectivity index (χ4v) is 2.26. The van der Waals surface area contributed by atoms with E-state index in [1.165, 1.54) is 6.20 Å². The molecular formula is C14H11BrClN3O2. The van der Waals surface area contributed by atoms with Gasteiger partial charge in [-0.1, -0.05) is 18.2 Å². The summed E-state index contributed by atoms with van der Waals surface area (Å²) in [6.45, 7) is 0. The molecule has 1 aromatic heterocycles. The summed E-state index contributed by atoms with van der Waals surface area (Å²) in [6.07, 6.45) is 2.18. The maximum atomic E-state index is 12.0. The molecule has 1 aliphatic carbocycles. The minimum absolute atomic E-state index is 0.0154. The lowest BCUT2D eigenvalue weighted by atomic mass is 10.2. The Balaban J connectivity index is 1.57. The van der Waals surface area contributed by atoms with E-state index in [2.05, 4.69) is 31.2 Å². The molecule has 1 aromatic carbocycles. The van der Waals surface area contributed by atoms with Crippen LogP contribution >= 0.6 is 27.5 Å². The molecule has 0 bridgehead atoms. The van der Waals surface area contributed by atoms with E-state index in [9.17, 15) is 4.79 Å². The maximum Gasteiger partial charge on any atom is 0.251 e. The van der Waals surface area contributed by atoms with Gasteiger partial charge >= 0.3 is 0 Å². The van der Waals surface area contributed by atoms with Crippen molar-refractivity contribution in [3.8, 4) is 5.88 Å². The van der Waals surface area contributed by atoms with Crippen LogP contribution in [0, 0.1) is 0 Å². The van der Waals surface area contributed by atoms with Crippen LogP contribution in [0.25, 0.3) is 0 Å². The highest BCUT2D eigenvalue weighted by Crippen LogP contribution is 2.31. The van der Waals surface area contributed by atoms with Gasteiger partial charge in [-0.05, 0) is 39.7 Å². The van der Waals surface area contributed by atoms with Gasteiger partial charge in [0.2, 0.25) is 11.2 Å². The molecule has 3 rings (SSSR count). The Morgan fingerprint density at radius 1 is 1.38 bits per heavy atom. The zero-order chi connectivity index (χ0) is 14.8. The summed E-state index contributed by atoms with van der Waals surface area (Å²) in [7, 11) is 0. The monoisotopic (exact) mass is 367 g/mol. The lowest BCUT2D eigenvalue weighted by molar-refractivity contribution is 0.0944. The SMILES string of the molecule is O=C(NC1CC1Oc1nc(Cl)ncc1Br)c1ccccc1. The summed E-state index contributed by atoms with van der Waals surface area (Å²) in [5, 5.41) is 3.04. The number of halogens is 2. The largest absolute Gasteiger partial charge is 0.471 e. The standard InChI is InChI=1S/C14H11BrClN3O2/c15-9-7-17-14(16)19-13(9)21-11-6-10(11)18-12(20)8-4-2-1-3-5-8/h1-5,7,10-11H,6H2,(H,18,20). The Morgan fingerprint density at radius 3 is 2.90 bits per heavy atom. The van der Waals surface area contributed by atoms with E-state index in [0.717, 1.165) is 6.42 Å². The summed E-state index contributed by atoms with van der Waals surface area (Å²) in [4.78, 5) is 19.8. The lowest BCUT2D eigenvalue weighted by Gasteiger charge is -2.07. The van der Waals surface area contributed by atoms with Crippen LogP contribution in [0.3, 0.4) is 0 Å². The predicted octanol–water partition coefficient (Wildman–Crippen LogP) is 2.84. The Bertz CT molecular complexity index is 669. The zero-order valence-corrected chi connectivity index (χ0v) is 13.1. The molecule has 2 atom stereocenters. The van der Waals surface area contributed by atoms with Crippen molar-refractivity contribution in [3.63, 3.8) is 0 Å². The van der Waals surface area contributed by atoms with Crippen molar-refractivity contribution in [3.05, 3.63) is 51.8 Å². The molecule has 0 spiro atoms. The number of ether oxygens (including phenoxy) is 1. The number of carbonyl (C=O) groups is 1. The molecule has 1 fully saturated rings. The normalized spacial score (nSPS) is 19.9. The van der Waals surface area contributed by atoms with Gasteiger partial charge in [-0.25, -0.2) is 4.98 Å². The number of benzene rings is 1. The predicted molar refractivity (Wildman–Crippen MR) is 81.5 cm³/mol. The molecule has 5 nitrogen and oxygen atoms in total. The quantitative estimate of drug-likeness (QED) is 0.843. The van der Waals surface area contributed by atoms with Crippen molar-refractivity contribution in [1.29, 1.82) is 0 Å². The molecule has 0 aliphatic heterocycles. The highest BCUT2D eigenvalue weighted by molar-refractivity contribution is 9.10. The number of amides is 1. The number of hydrogen-bond acceptors (Lipinski definition) is 4. The van der Waals surface area contributed by atoms with Crippen molar-refractivity contribution in [2.75, 3.05) is 0 Å². The number of nitrogens with one attached hydrogen (secondary N) is 1. The van der Waals surface area contributed by atoms with Crippen LogP contribution in [0.4, 0.5) is 0 Å². The van der Waals surface area contributed by atoms with Gasteiger partial charge in [-0.3, -0.25) is 4.79 Å². The summed E-state index contributed by atoms with van der Waals surface area (Å²) in [5.74, 6) is 0.281. The Kier molecular flexibility index (Phi) is 4.07. The van der Waals surface area contributed by atoms with Gasteiger partial charge in [0.05, 0.1) is 10.5 Å². The third-order valence-electron chi connectivity index (χ3n) is 3.03. The van der Waals surface area contributed by atoms with E-state index in [-0.39, 0.29) is 23.3 Å². The van der Waals surface area contributed by atoms with E-state index in [4.69, 9.17) is 16.3 Å². The molecule has 1 amide bonds. The minimum Gasteiger partial charge on any atom is -0.471 e. The van der Waals surface area contributed by atoms with Crippen LogP contribution in [0.5, 0.6) is 5.88 Å². The smallest absolute Gasteiger partial charge is 0.251 e. The average Bonchev–Trinajstić information content (AvgIpc) is 3.21. The van der Waals surface area contributed by atoms with Crippen molar-refractivity contribution in [2.24, 2.45) is 0 Å². The summed E-state index contributed by atoms with van der Waals surface area (Å²) in [5.41, 5.74) is 0.634. The minimum atomic E-state index is -0.105. The second-order valence-corrected chi connectivity index (χ2v) is 5.82. The molecule has 108 valence electrons. The van der Waals surface area contributed by atoms with Crippen molar-refractivity contribution < 1.29 is 9.53 Å². The van der Waals surface area contributed by atoms with E-state index in [1.54, 1.807) is 12.1 Å². The van der Waals surface area contributed by atoms with E-state index in [1.807, 2.05) is 18.2 Å². The van der Waals surface area contributed by atoms with Crippen molar-refractivity contribution >= 4 is 33.4 Å².